The molecule has 1 aliphatic rings. The van der Waals surface area contributed by atoms with Crippen molar-refractivity contribution in [1.29, 1.82) is 0 Å². The highest BCUT2D eigenvalue weighted by molar-refractivity contribution is 5.91. The lowest BCUT2D eigenvalue weighted by atomic mass is 9.92. The normalized spacial score (nSPS) is 14.6. The van der Waals surface area contributed by atoms with Crippen molar-refractivity contribution in [1.82, 2.24) is 14.9 Å². The van der Waals surface area contributed by atoms with E-state index >= 15 is 0 Å². The van der Waals surface area contributed by atoms with E-state index in [-0.39, 0.29) is 11.3 Å². The van der Waals surface area contributed by atoms with Crippen molar-refractivity contribution in [2.75, 3.05) is 25.0 Å². The van der Waals surface area contributed by atoms with E-state index in [1.807, 2.05) is 42.5 Å². The number of aromatic amines is 1. The fourth-order valence-corrected chi connectivity index (χ4v) is 5.09. The van der Waals surface area contributed by atoms with Gasteiger partial charge in [0, 0.05) is 37.2 Å². The van der Waals surface area contributed by atoms with Crippen molar-refractivity contribution in [3.8, 4) is 5.75 Å². The van der Waals surface area contributed by atoms with Gasteiger partial charge in [0.15, 0.2) is 5.60 Å². The number of carboxylic acids is 3. The maximum absolute atomic E-state index is 12.4. The Bertz CT molecular complexity index is 1530. The first-order valence-electron chi connectivity index (χ1n) is 15.4. The summed E-state index contributed by atoms with van der Waals surface area (Å²) in [6.07, 6.45) is 7.39. The van der Waals surface area contributed by atoms with Crippen molar-refractivity contribution in [3.05, 3.63) is 66.5 Å². The molecule has 0 saturated carbocycles. The van der Waals surface area contributed by atoms with E-state index in [4.69, 9.17) is 30.1 Å². The highest BCUT2D eigenvalue weighted by Crippen LogP contribution is 2.32. The SMILES string of the molecule is CC(C)(C)CN1C=CC(c2c[nH]c3ccc(NC(=O)CCCCOc4ccccc4)nc23)CC1.O=C(O)CC(O)(CC(=O)O)C(=O)O. The van der Waals surface area contributed by atoms with Gasteiger partial charge < -0.3 is 40.4 Å². The number of hydrogen-bond donors (Lipinski definition) is 6. The number of unbranched alkanes of at least 4 members (excludes halogenated alkanes) is 1. The second kappa shape index (κ2) is 16.6. The van der Waals surface area contributed by atoms with Crippen LogP contribution in [0, 0.1) is 5.41 Å². The third-order valence-electron chi connectivity index (χ3n) is 7.25. The number of ether oxygens (including phenoxy) is 1. The second-order valence-electron chi connectivity index (χ2n) is 12.7. The molecule has 0 bridgehead atoms. The Labute approximate surface area is 273 Å². The van der Waals surface area contributed by atoms with Crippen molar-refractivity contribution < 1.29 is 44.3 Å². The van der Waals surface area contributed by atoms with Crippen molar-refractivity contribution >= 4 is 40.7 Å². The predicted molar refractivity (Wildman–Crippen MR) is 175 cm³/mol. The van der Waals surface area contributed by atoms with Crippen LogP contribution < -0.4 is 10.1 Å². The smallest absolute Gasteiger partial charge is 0.336 e. The number of amides is 1. The number of benzene rings is 1. The molecule has 2 aromatic heterocycles. The standard InChI is InChI=1S/C28H36N4O2.C6H8O7/c1-28(2,3)20-32-16-14-21(15-17-32)23-19-29-24-12-13-25(31-27(23)24)30-26(33)11-7-8-18-34-22-9-5-4-6-10-22;7-3(8)1-6(13,5(11)12)2-4(9)10/h4-6,9-10,12-14,16,19,21,29H,7-8,11,15,17-18,20H2,1-3H3,(H,30,31,33);13H,1-2H2,(H,7,8)(H,9,10)(H,11,12). The Balaban J connectivity index is 0.000000392. The first-order valence-corrected chi connectivity index (χ1v) is 15.4. The van der Waals surface area contributed by atoms with Crippen LogP contribution in [0.4, 0.5) is 5.82 Å². The van der Waals surface area contributed by atoms with E-state index in [9.17, 15) is 19.2 Å². The molecule has 13 nitrogen and oxygen atoms in total. The van der Waals surface area contributed by atoms with Crippen molar-refractivity contribution in [2.24, 2.45) is 5.41 Å². The van der Waals surface area contributed by atoms with E-state index in [2.05, 4.69) is 54.4 Å². The summed E-state index contributed by atoms with van der Waals surface area (Å²) in [5, 5.41) is 36.8. The first-order chi connectivity index (χ1) is 22.1. The molecule has 0 aliphatic carbocycles. The number of nitrogens with zero attached hydrogens (tertiary/aromatic N) is 2. The Hall–Kier alpha value is -4.91. The number of aliphatic hydroxyl groups is 1. The van der Waals surface area contributed by atoms with Crippen LogP contribution in [0.3, 0.4) is 0 Å². The number of allylic oxidation sites excluding steroid dienone is 1. The third-order valence-corrected chi connectivity index (χ3v) is 7.25. The number of fused-ring (bicyclic) bond motifs is 1. The van der Waals surface area contributed by atoms with Gasteiger partial charge in [0.2, 0.25) is 5.91 Å². The monoisotopic (exact) mass is 652 g/mol. The van der Waals surface area contributed by atoms with Gasteiger partial charge in [-0.3, -0.25) is 14.4 Å². The highest BCUT2D eigenvalue weighted by Gasteiger charge is 2.40. The number of H-pyrrole nitrogens is 1. The largest absolute Gasteiger partial charge is 0.494 e. The Morgan fingerprint density at radius 2 is 1.68 bits per heavy atom. The molecule has 1 aliphatic heterocycles. The van der Waals surface area contributed by atoms with Crippen LogP contribution in [0.25, 0.3) is 11.0 Å². The molecule has 254 valence electrons. The van der Waals surface area contributed by atoms with Crippen LogP contribution in [-0.2, 0) is 19.2 Å². The lowest BCUT2D eigenvalue weighted by Gasteiger charge is -2.33. The lowest BCUT2D eigenvalue weighted by molar-refractivity contribution is -0.170. The van der Waals surface area contributed by atoms with Gasteiger partial charge in [-0.05, 0) is 55.1 Å². The summed E-state index contributed by atoms with van der Waals surface area (Å²) in [4.78, 5) is 53.4. The molecule has 1 atom stereocenters. The summed E-state index contributed by atoms with van der Waals surface area (Å²) in [5.41, 5.74) is 0.666. The van der Waals surface area contributed by atoms with Gasteiger partial charge in [0.1, 0.15) is 11.6 Å². The molecule has 13 heteroatoms. The zero-order valence-electron chi connectivity index (χ0n) is 26.9. The third kappa shape index (κ3) is 12.1. The van der Waals surface area contributed by atoms with Crippen LogP contribution >= 0.6 is 0 Å². The number of aromatic nitrogens is 2. The minimum Gasteiger partial charge on any atom is -0.494 e. The molecule has 4 rings (SSSR count). The Kier molecular flexibility index (Phi) is 12.9. The van der Waals surface area contributed by atoms with Gasteiger partial charge in [0.05, 0.1) is 30.5 Å². The number of rotatable bonds is 14. The van der Waals surface area contributed by atoms with E-state index in [0.717, 1.165) is 49.1 Å². The zero-order valence-corrected chi connectivity index (χ0v) is 26.9. The van der Waals surface area contributed by atoms with Crippen LogP contribution in [0.1, 0.15) is 70.8 Å². The lowest BCUT2D eigenvalue weighted by Crippen LogP contribution is -2.42. The Morgan fingerprint density at radius 3 is 2.26 bits per heavy atom. The summed E-state index contributed by atoms with van der Waals surface area (Å²) < 4.78 is 5.69. The predicted octanol–water partition coefficient (Wildman–Crippen LogP) is 4.85. The summed E-state index contributed by atoms with van der Waals surface area (Å²) in [7, 11) is 0. The maximum Gasteiger partial charge on any atom is 0.336 e. The summed E-state index contributed by atoms with van der Waals surface area (Å²) in [5.74, 6) is -3.24. The molecular weight excluding hydrogens is 608 g/mol. The quantitative estimate of drug-likeness (QED) is 0.130. The average molecular weight is 653 g/mol. The number of carboxylic acid groups (broad SMARTS) is 3. The molecular formula is C34H44N4O9. The topological polar surface area (TPSA) is 202 Å². The summed E-state index contributed by atoms with van der Waals surface area (Å²) in [6.45, 7) is 9.50. The number of carbonyl (C=O) groups is 4. The van der Waals surface area contributed by atoms with Gasteiger partial charge in [-0.2, -0.15) is 0 Å². The van der Waals surface area contributed by atoms with Crippen LogP contribution in [-0.4, -0.2) is 84.4 Å². The van der Waals surface area contributed by atoms with Gasteiger partial charge in [-0.1, -0.05) is 45.0 Å². The highest BCUT2D eigenvalue weighted by atomic mass is 16.5. The van der Waals surface area contributed by atoms with Crippen molar-refractivity contribution in [3.63, 3.8) is 0 Å². The van der Waals surface area contributed by atoms with Crippen molar-refractivity contribution in [2.45, 2.75) is 70.8 Å². The number of anilines is 1. The number of hydrogen-bond acceptors (Lipinski definition) is 8. The zero-order chi connectivity index (χ0) is 34.6. The van der Waals surface area contributed by atoms with Gasteiger partial charge in [-0.25, -0.2) is 9.78 Å². The molecule has 6 N–H and O–H groups in total. The van der Waals surface area contributed by atoms with Crippen LogP contribution in [0.2, 0.25) is 0 Å². The minimum atomic E-state index is -2.74. The van der Waals surface area contributed by atoms with E-state index < -0.39 is 36.4 Å². The molecule has 0 fully saturated rings. The molecule has 0 spiro atoms. The van der Waals surface area contributed by atoms with Gasteiger partial charge in [0.25, 0.3) is 0 Å². The molecule has 1 unspecified atom stereocenters. The van der Waals surface area contributed by atoms with Crippen LogP contribution in [0.15, 0.2) is 60.9 Å². The number of pyridine rings is 1. The fraction of sp³-hybridized carbons (Fsp3) is 0.441. The molecule has 0 radical (unpaired) electrons. The molecule has 3 aromatic rings. The fourth-order valence-electron chi connectivity index (χ4n) is 5.09. The number of aliphatic carboxylic acids is 3. The summed E-state index contributed by atoms with van der Waals surface area (Å²) >= 11 is 0. The van der Waals surface area contributed by atoms with E-state index in [0.29, 0.717) is 24.8 Å². The van der Waals surface area contributed by atoms with E-state index in [1.165, 1.54) is 5.56 Å². The Morgan fingerprint density at radius 1 is 1.00 bits per heavy atom. The maximum atomic E-state index is 12.4. The van der Waals surface area contributed by atoms with Gasteiger partial charge in [-0.15, -0.1) is 0 Å². The molecule has 3 heterocycles. The molecule has 1 aromatic carbocycles. The second-order valence-corrected chi connectivity index (χ2v) is 12.7. The first kappa shape index (κ1) is 36.6. The number of carbonyl (C=O) groups excluding carboxylic acids is 1. The summed E-state index contributed by atoms with van der Waals surface area (Å²) in [6, 6.07) is 13.6. The number of para-hydroxylation sites is 1. The minimum absolute atomic E-state index is 0.0148. The number of nitrogens with one attached hydrogen (secondary N) is 2. The molecule has 1 amide bonds. The van der Waals surface area contributed by atoms with E-state index in [1.54, 1.807) is 0 Å². The molecule has 47 heavy (non-hydrogen) atoms. The molecule has 0 saturated heterocycles. The van der Waals surface area contributed by atoms with Gasteiger partial charge >= 0.3 is 17.9 Å². The van der Waals surface area contributed by atoms with Crippen LogP contribution in [0.5, 0.6) is 5.75 Å². The average Bonchev–Trinajstić information content (AvgIpc) is 3.40.